The first-order valence-corrected chi connectivity index (χ1v) is 12.6. The normalized spacial score (nSPS) is 18.0. The fraction of sp³-hybridized carbons (Fsp3) is 0.214. The Balaban J connectivity index is 1.20. The minimum Gasteiger partial charge on any atom is -0.534 e. The van der Waals surface area contributed by atoms with E-state index in [4.69, 9.17) is 4.65 Å². The van der Waals surface area contributed by atoms with Crippen LogP contribution in [-0.2, 0) is 24.3 Å². The third kappa shape index (κ3) is 6.51. The average molecular weight is 525 g/mol. The van der Waals surface area contributed by atoms with Crippen molar-refractivity contribution in [2.45, 2.75) is 31.5 Å². The Hall–Kier alpha value is -4.48. The number of dihydropyridines is 1. The molecule has 0 fully saturated rings. The molecule has 2 atom stereocenters. The Morgan fingerprint density at radius 2 is 1.77 bits per heavy atom. The summed E-state index contributed by atoms with van der Waals surface area (Å²) in [6, 6.07) is 16.4. The highest BCUT2D eigenvalue weighted by molar-refractivity contribution is 6.47. The topological polar surface area (TPSA) is 137 Å². The molecule has 2 unspecified atom stereocenters. The van der Waals surface area contributed by atoms with Gasteiger partial charge in [0.2, 0.25) is 0 Å². The van der Waals surface area contributed by atoms with Gasteiger partial charge in [0.15, 0.2) is 0 Å². The second-order valence-electron chi connectivity index (χ2n) is 9.44. The number of nitrogens with one attached hydrogen (secondary N) is 2. The zero-order valence-corrected chi connectivity index (χ0v) is 21.1. The van der Waals surface area contributed by atoms with Crippen molar-refractivity contribution in [1.82, 2.24) is 25.5 Å². The summed E-state index contributed by atoms with van der Waals surface area (Å²) in [5, 5.41) is 25.9. The highest BCUT2D eigenvalue weighted by atomic mass is 16.5. The molecule has 11 heteroatoms. The molecule has 4 N–H and O–H groups in total. The Bertz CT molecular complexity index is 1340. The SMILES string of the molecule is O=C(NC1Cc2cccc(C(=O)O)c2OB1O)C1=CNC(CN(Cc2ccccn2)Cc2ccccn2)C=C1. The molecular formula is C28H28BN5O5. The number of para-hydroxylation sites is 1. The van der Waals surface area contributed by atoms with E-state index in [1.54, 1.807) is 36.8 Å². The van der Waals surface area contributed by atoms with Crippen LogP contribution >= 0.6 is 0 Å². The zero-order valence-electron chi connectivity index (χ0n) is 21.1. The quantitative estimate of drug-likeness (QED) is 0.308. The summed E-state index contributed by atoms with van der Waals surface area (Å²) in [7, 11) is -1.37. The number of hydrogen-bond donors (Lipinski definition) is 4. The molecule has 5 rings (SSSR count). The number of nitrogens with zero attached hydrogens (tertiary/aromatic N) is 3. The number of rotatable bonds is 9. The van der Waals surface area contributed by atoms with Crippen LogP contribution in [0.15, 0.2) is 90.9 Å². The first-order valence-electron chi connectivity index (χ1n) is 12.6. The number of aromatic carboxylic acids is 1. The van der Waals surface area contributed by atoms with Gasteiger partial charge in [-0.2, -0.15) is 0 Å². The summed E-state index contributed by atoms with van der Waals surface area (Å²) in [6.45, 7) is 1.95. The lowest BCUT2D eigenvalue weighted by Gasteiger charge is -2.30. The molecule has 1 aromatic carbocycles. The van der Waals surface area contributed by atoms with Crippen molar-refractivity contribution in [2.24, 2.45) is 0 Å². The third-order valence-electron chi connectivity index (χ3n) is 6.57. The van der Waals surface area contributed by atoms with Crippen LogP contribution in [0.3, 0.4) is 0 Å². The van der Waals surface area contributed by atoms with Crippen molar-refractivity contribution in [2.75, 3.05) is 6.54 Å². The molecule has 39 heavy (non-hydrogen) atoms. The fourth-order valence-electron chi connectivity index (χ4n) is 4.65. The van der Waals surface area contributed by atoms with E-state index in [2.05, 4.69) is 25.5 Å². The second-order valence-corrected chi connectivity index (χ2v) is 9.44. The smallest absolute Gasteiger partial charge is 0.534 e. The van der Waals surface area contributed by atoms with E-state index in [1.807, 2.05) is 42.5 Å². The highest BCUT2D eigenvalue weighted by Crippen LogP contribution is 2.30. The van der Waals surface area contributed by atoms with E-state index in [9.17, 15) is 19.7 Å². The summed E-state index contributed by atoms with van der Waals surface area (Å²) < 4.78 is 5.47. The molecule has 0 aliphatic carbocycles. The fourth-order valence-corrected chi connectivity index (χ4v) is 4.65. The Morgan fingerprint density at radius 3 is 2.36 bits per heavy atom. The number of amides is 1. The van der Waals surface area contributed by atoms with Gasteiger partial charge in [0.1, 0.15) is 5.75 Å². The maximum atomic E-state index is 13.0. The molecule has 2 aromatic heterocycles. The van der Waals surface area contributed by atoms with Gasteiger partial charge < -0.3 is 25.4 Å². The van der Waals surface area contributed by atoms with Crippen LogP contribution in [0.5, 0.6) is 5.75 Å². The van der Waals surface area contributed by atoms with Crippen molar-refractivity contribution in [3.63, 3.8) is 0 Å². The number of carbonyl (C=O) groups is 2. The lowest BCUT2D eigenvalue weighted by Crippen LogP contribution is -2.53. The van der Waals surface area contributed by atoms with Crippen molar-refractivity contribution in [1.29, 1.82) is 0 Å². The number of benzene rings is 1. The summed E-state index contributed by atoms with van der Waals surface area (Å²) >= 11 is 0. The third-order valence-corrected chi connectivity index (χ3v) is 6.57. The zero-order chi connectivity index (χ0) is 27.2. The Labute approximate surface area is 226 Å². The highest BCUT2D eigenvalue weighted by Gasteiger charge is 2.38. The molecule has 0 spiro atoms. The average Bonchev–Trinajstić information content (AvgIpc) is 2.94. The van der Waals surface area contributed by atoms with Crippen LogP contribution in [0.4, 0.5) is 0 Å². The van der Waals surface area contributed by atoms with Gasteiger partial charge in [-0.15, -0.1) is 0 Å². The molecule has 3 aromatic rings. The minimum absolute atomic E-state index is 0.0235. The van der Waals surface area contributed by atoms with Crippen LogP contribution in [0.25, 0.3) is 0 Å². The maximum Gasteiger partial charge on any atom is 0.547 e. The monoisotopic (exact) mass is 525 g/mol. The van der Waals surface area contributed by atoms with Crippen molar-refractivity contribution >= 4 is 19.0 Å². The van der Waals surface area contributed by atoms with Gasteiger partial charge in [-0.05, 0) is 48.4 Å². The second kappa shape index (κ2) is 11.9. The number of aromatic nitrogens is 2. The molecule has 0 bridgehead atoms. The maximum absolute atomic E-state index is 13.0. The van der Waals surface area contributed by atoms with Crippen molar-refractivity contribution < 1.29 is 24.4 Å². The van der Waals surface area contributed by atoms with Crippen LogP contribution in [0.1, 0.15) is 27.3 Å². The van der Waals surface area contributed by atoms with E-state index in [0.717, 1.165) is 11.4 Å². The van der Waals surface area contributed by atoms with E-state index >= 15 is 0 Å². The summed E-state index contributed by atoms with van der Waals surface area (Å²) in [5.74, 6) is -2.11. The van der Waals surface area contributed by atoms with Gasteiger partial charge in [0.05, 0.1) is 34.5 Å². The standard InChI is InChI=1S/C28H28BN5O5/c35-27(33-25-14-19-6-5-9-24(28(36)37)26(19)39-29(25)38)20-10-11-23(32-15-20)18-34(16-21-7-1-3-12-30-21)17-22-8-2-4-13-31-22/h1-13,15,23,25,32,38H,14,16-18H2,(H,33,35)(H,36,37). The van der Waals surface area contributed by atoms with Gasteiger partial charge in [-0.25, -0.2) is 4.79 Å². The lowest BCUT2D eigenvalue weighted by molar-refractivity contribution is -0.117. The van der Waals surface area contributed by atoms with Crippen molar-refractivity contribution in [3.05, 3.63) is 113 Å². The minimum atomic E-state index is -1.37. The molecular weight excluding hydrogens is 497 g/mol. The number of fused-ring (bicyclic) bond motifs is 1. The van der Waals surface area contributed by atoms with E-state index in [1.165, 1.54) is 6.07 Å². The molecule has 4 heterocycles. The number of carboxylic acid groups (broad SMARTS) is 1. The van der Waals surface area contributed by atoms with E-state index in [0.29, 0.717) is 30.8 Å². The predicted octanol–water partition coefficient (Wildman–Crippen LogP) is 1.73. The van der Waals surface area contributed by atoms with Crippen LogP contribution < -0.4 is 15.3 Å². The van der Waals surface area contributed by atoms with Crippen LogP contribution in [-0.4, -0.2) is 62.5 Å². The van der Waals surface area contributed by atoms with Crippen LogP contribution in [0, 0.1) is 0 Å². The summed E-state index contributed by atoms with van der Waals surface area (Å²) in [5.41, 5.74) is 2.90. The summed E-state index contributed by atoms with van der Waals surface area (Å²) in [6.07, 6.45) is 9.14. The van der Waals surface area contributed by atoms with Gasteiger partial charge in [0, 0.05) is 38.2 Å². The lowest BCUT2D eigenvalue weighted by atomic mass is 9.72. The predicted molar refractivity (Wildman–Crippen MR) is 144 cm³/mol. The number of hydrogen-bond acceptors (Lipinski definition) is 8. The van der Waals surface area contributed by atoms with Crippen LogP contribution in [0.2, 0.25) is 0 Å². The first-order chi connectivity index (χ1) is 19.0. The number of carbonyl (C=O) groups excluding carboxylic acids is 1. The number of pyridine rings is 2. The van der Waals surface area contributed by atoms with Crippen molar-refractivity contribution in [3.8, 4) is 5.75 Å². The first kappa shape index (κ1) is 26.1. The molecule has 2 aliphatic heterocycles. The summed E-state index contributed by atoms with van der Waals surface area (Å²) in [4.78, 5) is 35.6. The molecule has 0 saturated heterocycles. The van der Waals surface area contributed by atoms with Gasteiger partial charge in [0.25, 0.3) is 5.91 Å². The van der Waals surface area contributed by atoms with Gasteiger partial charge in [-0.3, -0.25) is 19.7 Å². The molecule has 1 amide bonds. The molecule has 2 aliphatic rings. The molecule has 198 valence electrons. The van der Waals surface area contributed by atoms with E-state index < -0.39 is 19.0 Å². The van der Waals surface area contributed by atoms with E-state index in [-0.39, 0.29) is 29.7 Å². The Morgan fingerprint density at radius 1 is 1.05 bits per heavy atom. The van der Waals surface area contributed by atoms with Gasteiger partial charge in [-0.1, -0.05) is 30.3 Å². The molecule has 0 saturated carbocycles. The largest absolute Gasteiger partial charge is 0.547 e. The Kier molecular flexibility index (Phi) is 8.00. The molecule has 0 radical (unpaired) electrons. The van der Waals surface area contributed by atoms with Gasteiger partial charge >= 0.3 is 13.1 Å². The number of carboxylic acids is 1. The molecule has 10 nitrogen and oxygen atoms in total.